The molecule has 0 aliphatic carbocycles. The van der Waals surface area contributed by atoms with Gasteiger partial charge in [-0.25, -0.2) is 4.79 Å². The number of amides is 1. The predicted octanol–water partition coefficient (Wildman–Crippen LogP) is 0.172. The molecule has 0 unspecified atom stereocenters. The van der Waals surface area contributed by atoms with Gasteiger partial charge >= 0.3 is 11.9 Å². The second kappa shape index (κ2) is 4.09. The SMILES string of the molecule is COC(=O)C(=O)N1CCCCC1. The number of esters is 1. The Kier molecular flexibility index (Phi) is 3.08. The Morgan fingerprint density at radius 2 is 1.75 bits per heavy atom. The molecule has 1 amide bonds. The third-order valence-electron chi connectivity index (χ3n) is 2.00. The van der Waals surface area contributed by atoms with Gasteiger partial charge in [-0.2, -0.15) is 0 Å². The molecule has 0 spiro atoms. The van der Waals surface area contributed by atoms with Crippen molar-refractivity contribution in [2.24, 2.45) is 0 Å². The molecular weight excluding hydrogens is 158 g/mol. The number of piperidine rings is 1. The lowest BCUT2D eigenvalue weighted by atomic mass is 10.1. The van der Waals surface area contributed by atoms with E-state index in [9.17, 15) is 9.59 Å². The molecule has 12 heavy (non-hydrogen) atoms. The van der Waals surface area contributed by atoms with Gasteiger partial charge in [0.25, 0.3) is 0 Å². The van der Waals surface area contributed by atoms with Crippen LogP contribution in [0.4, 0.5) is 0 Å². The lowest BCUT2D eigenvalue weighted by molar-refractivity contribution is -0.158. The van der Waals surface area contributed by atoms with Crippen LogP contribution in [0.2, 0.25) is 0 Å². The molecule has 0 radical (unpaired) electrons. The van der Waals surface area contributed by atoms with Crippen molar-refractivity contribution >= 4 is 11.9 Å². The average molecular weight is 171 g/mol. The highest BCUT2D eigenvalue weighted by molar-refractivity contribution is 6.32. The summed E-state index contributed by atoms with van der Waals surface area (Å²) in [7, 11) is 1.23. The first-order valence-corrected chi connectivity index (χ1v) is 4.13. The summed E-state index contributed by atoms with van der Waals surface area (Å²) in [6.07, 6.45) is 3.12. The molecule has 0 aromatic carbocycles. The second-order valence-corrected chi connectivity index (χ2v) is 2.84. The fourth-order valence-corrected chi connectivity index (χ4v) is 1.31. The van der Waals surface area contributed by atoms with E-state index in [0.29, 0.717) is 13.1 Å². The van der Waals surface area contributed by atoms with Crippen molar-refractivity contribution in [1.82, 2.24) is 4.90 Å². The number of hydrogen-bond donors (Lipinski definition) is 0. The van der Waals surface area contributed by atoms with Crippen LogP contribution in [0.5, 0.6) is 0 Å². The Bertz CT molecular complexity index is 185. The minimum Gasteiger partial charge on any atom is -0.462 e. The van der Waals surface area contributed by atoms with Gasteiger partial charge in [0.1, 0.15) is 0 Å². The van der Waals surface area contributed by atoms with E-state index >= 15 is 0 Å². The predicted molar refractivity (Wildman–Crippen MR) is 42.4 cm³/mol. The van der Waals surface area contributed by atoms with E-state index in [-0.39, 0.29) is 0 Å². The highest BCUT2D eigenvalue weighted by atomic mass is 16.5. The Morgan fingerprint density at radius 1 is 1.17 bits per heavy atom. The zero-order valence-corrected chi connectivity index (χ0v) is 7.21. The molecule has 0 saturated carbocycles. The summed E-state index contributed by atoms with van der Waals surface area (Å²) in [5.41, 5.74) is 0. The molecule has 0 aromatic heterocycles. The standard InChI is InChI=1S/C8H13NO3/c1-12-8(11)7(10)9-5-3-2-4-6-9/h2-6H2,1H3. The van der Waals surface area contributed by atoms with Crippen LogP contribution < -0.4 is 0 Å². The monoisotopic (exact) mass is 171 g/mol. The number of likely N-dealkylation sites (tertiary alicyclic amines) is 1. The van der Waals surface area contributed by atoms with Gasteiger partial charge in [-0.1, -0.05) is 0 Å². The fraction of sp³-hybridized carbons (Fsp3) is 0.750. The molecule has 1 heterocycles. The van der Waals surface area contributed by atoms with Crippen molar-refractivity contribution in [2.45, 2.75) is 19.3 Å². The first-order chi connectivity index (χ1) is 5.75. The molecule has 0 bridgehead atoms. The van der Waals surface area contributed by atoms with Gasteiger partial charge in [0, 0.05) is 13.1 Å². The zero-order valence-electron chi connectivity index (χ0n) is 7.21. The van der Waals surface area contributed by atoms with Crippen molar-refractivity contribution in [3.63, 3.8) is 0 Å². The van der Waals surface area contributed by atoms with Crippen LogP contribution in [0.25, 0.3) is 0 Å². The maximum absolute atomic E-state index is 11.2. The number of ether oxygens (including phenoxy) is 1. The molecule has 0 atom stereocenters. The number of carbonyl (C=O) groups is 2. The minimum absolute atomic E-state index is 0.503. The molecule has 1 aliphatic rings. The van der Waals surface area contributed by atoms with Crippen molar-refractivity contribution in [1.29, 1.82) is 0 Å². The molecule has 4 nitrogen and oxygen atoms in total. The summed E-state index contributed by atoms with van der Waals surface area (Å²) in [6, 6.07) is 0. The van der Waals surface area contributed by atoms with Gasteiger partial charge < -0.3 is 9.64 Å². The van der Waals surface area contributed by atoms with Crippen LogP contribution in [0.1, 0.15) is 19.3 Å². The van der Waals surface area contributed by atoms with Gasteiger partial charge in [-0.05, 0) is 19.3 Å². The molecule has 1 fully saturated rings. The lowest BCUT2D eigenvalue weighted by Gasteiger charge is -2.25. The Hall–Kier alpha value is -1.06. The van der Waals surface area contributed by atoms with E-state index in [2.05, 4.69) is 4.74 Å². The van der Waals surface area contributed by atoms with Crippen LogP contribution >= 0.6 is 0 Å². The molecule has 1 saturated heterocycles. The highest BCUT2D eigenvalue weighted by Crippen LogP contribution is 2.08. The van der Waals surface area contributed by atoms with E-state index < -0.39 is 11.9 Å². The van der Waals surface area contributed by atoms with Crippen LogP contribution in [0.3, 0.4) is 0 Å². The van der Waals surface area contributed by atoms with Crippen molar-refractivity contribution in [3.05, 3.63) is 0 Å². The van der Waals surface area contributed by atoms with Crippen LogP contribution in [-0.2, 0) is 14.3 Å². The van der Waals surface area contributed by atoms with Crippen LogP contribution in [0, 0.1) is 0 Å². The molecule has 0 aromatic rings. The van der Waals surface area contributed by atoms with Gasteiger partial charge in [-0.3, -0.25) is 4.79 Å². The molecule has 68 valence electrons. The summed E-state index contributed by atoms with van der Waals surface area (Å²) in [5, 5.41) is 0. The number of hydrogen-bond acceptors (Lipinski definition) is 3. The van der Waals surface area contributed by atoms with Gasteiger partial charge in [-0.15, -0.1) is 0 Å². The van der Waals surface area contributed by atoms with Gasteiger partial charge in [0.15, 0.2) is 0 Å². The molecule has 1 aliphatic heterocycles. The smallest absolute Gasteiger partial charge is 0.396 e. The molecule has 4 heteroatoms. The Morgan fingerprint density at radius 3 is 2.25 bits per heavy atom. The van der Waals surface area contributed by atoms with Crippen LogP contribution in [-0.4, -0.2) is 37.0 Å². The third-order valence-corrected chi connectivity index (χ3v) is 2.00. The highest BCUT2D eigenvalue weighted by Gasteiger charge is 2.23. The summed E-state index contributed by atoms with van der Waals surface area (Å²) >= 11 is 0. The Labute approximate surface area is 71.5 Å². The van der Waals surface area contributed by atoms with E-state index in [0.717, 1.165) is 19.3 Å². The third kappa shape index (κ3) is 1.96. The average Bonchev–Trinajstić information content (AvgIpc) is 2.17. The van der Waals surface area contributed by atoms with Crippen LogP contribution in [0.15, 0.2) is 0 Å². The first kappa shape index (κ1) is 9.03. The fourth-order valence-electron chi connectivity index (χ4n) is 1.31. The summed E-state index contributed by atoms with van der Waals surface area (Å²) in [6.45, 7) is 1.38. The Balaban J connectivity index is 2.45. The normalized spacial score (nSPS) is 17.2. The minimum atomic E-state index is -0.753. The number of methoxy groups -OCH3 is 1. The quantitative estimate of drug-likeness (QED) is 0.385. The summed E-state index contributed by atoms with van der Waals surface area (Å²) in [4.78, 5) is 23.5. The molecular formula is C8H13NO3. The number of carbonyl (C=O) groups excluding carboxylic acids is 2. The van der Waals surface area contributed by atoms with Crippen molar-refractivity contribution in [2.75, 3.05) is 20.2 Å². The van der Waals surface area contributed by atoms with Crippen molar-refractivity contribution < 1.29 is 14.3 Å². The van der Waals surface area contributed by atoms with E-state index in [1.54, 1.807) is 4.90 Å². The van der Waals surface area contributed by atoms with Gasteiger partial charge in [0.2, 0.25) is 0 Å². The van der Waals surface area contributed by atoms with E-state index in [1.807, 2.05) is 0 Å². The van der Waals surface area contributed by atoms with Crippen molar-refractivity contribution in [3.8, 4) is 0 Å². The largest absolute Gasteiger partial charge is 0.462 e. The van der Waals surface area contributed by atoms with Gasteiger partial charge in [0.05, 0.1) is 7.11 Å². The molecule has 1 rings (SSSR count). The first-order valence-electron chi connectivity index (χ1n) is 4.13. The maximum atomic E-state index is 11.2. The second-order valence-electron chi connectivity index (χ2n) is 2.84. The van der Waals surface area contributed by atoms with E-state index in [4.69, 9.17) is 0 Å². The number of nitrogens with zero attached hydrogens (tertiary/aromatic N) is 1. The molecule has 0 N–H and O–H groups in total. The van der Waals surface area contributed by atoms with E-state index in [1.165, 1.54) is 7.11 Å². The summed E-state index contributed by atoms with van der Waals surface area (Å²) < 4.78 is 4.34. The lowest BCUT2D eigenvalue weighted by Crippen LogP contribution is -2.40. The maximum Gasteiger partial charge on any atom is 0.396 e. The summed E-state index contributed by atoms with van der Waals surface area (Å²) in [5.74, 6) is -1.26. The topological polar surface area (TPSA) is 46.6 Å². The number of rotatable bonds is 0. The zero-order chi connectivity index (χ0) is 8.97.